The highest BCUT2D eigenvalue weighted by molar-refractivity contribution is 6.45. The number of rotatable bonds is 5. The van der Waals surface area contributed by atoms with Gasteiger partial charge in [-0.1, -0.05) is 35.5 Å². The quantitative estimate of drug-likeness (QED) is 0.277. The smallest absolute Gasteiger partial charge is 0.295 e. The normalized spacial score (nSPS) is 15.6. The number of ketones is 1. The summed E-state index contributed by atoms with van der Waals surface area (Å²) < 4.78 is 7.09. The Morgan fingerprint density at radius 1 is 1.03 bits per heavy atom. The summed E-state index contributed by atoms with van der Waals surface area (Å²) in [4.78, 5) is 50.7. The van der Waals surface area contributed by atoms with Crippen LogP contribution in [0.1, 0.15) is 27.6 Å². The number of fused-ring (bicyclic) bond motifs is 2. The number of nitrogens with zero attached hydrogens (tertiary/aromatic N) is 6. The molecule has 1 atom stereocenters. The van der Waals surface area contributed by atoms with Crippen LogP contribution in [0, 0.1) is 0 Å². The van der Waals surface area contributed by atoms with Crippen molar-refractivity contribution in [3.63, 3.8) is 0 Å². The molecule has 1 aliphatic rings. The first kappa shape index (κ1) is 24.3. The Hall–Kier alpha value is -5.06. The van der Waals surface area contributed by atoms with Crippen LogP contribution in [0.3, 0.4) is 0 Å². The number of aromatic nitrogens is 5. The van der Waals surface area contributed by atoms with Crippen molar-refractivity contribution in [3.05, 3.63) is 78.1 Å². The minimum atomic E-state index is -0.671. The van der Waals surface area contributed by atoms with Gasteiger partial charge in [-0.3, -0.25) is 14.4 Å². The summed E-state index contributed by atoms with van der Waals surface area (Å²) >= 11 is 0. The average Bonchev–Trinajstić information content (AvgIpc) is 3.61. The van der Waals surface area contributed by atoms with Gasteiger partial charge in [0, 0.05) is 37.4 Å². The van der Waals surface area contributed by atoms with Crippen LogP contribution in [0.4, 0.5) is 0 Å². The van der Waals surface area contributed by atoms with Crippen LogP contribution in [0.15, 0.2) is 67.0 Å². The van der Waals surface area contributed by atoms with Crippen LogP contribution in [0.5, 0.6) is 5.75 Å². The number of aromatic amines is 1. The topological polar surface area (TPSA) is 126 Å². The summed E-state index contributed by atoms with van der Waals surface area (Å²) in [7, 11) is 1.48. The highest BCUT2D eigenvalue weighted by Gasteiger charge is 2.34. The maximum atomic E-state index is 13.5. The number of amides is 2. The van der Waals surface area contributed by atoms with Crippen molar-refractivity contribution >= 4 is 39.5 Å². The number of benzene rings is 2. The fourth-order valence-corrected chi connectivity index (χ4v) is 5.07. The third-order valence-corrected chi connectivity index (χ3v) is 7.06. The molecule has 6 rings (SSSR count). The van der Waals surface area contributed by atoms with Crippen LogP contribution < -0.4 is 4.74 Å². The molecule has 1 unspecified atom stereocenters. The standard InChI is InChI=1S/C28H25N7O4/c1-17-16-33(12-13-34(17)27(37)18-8-4-3-5-9-18)28(38)25(36)19-14-29-24-23(19)22(39-2)15-30-26(24)35-21-11-7-6-10-20(21)31-32-35/h3-11,14-15,17,29H,12-13,16H2,1-2H3. The third kappa shape index (κ3) is 4.08. The fraction of sp³-hybridized carbons (Fsp3) is 0.214. The zero-order valence-corrected chi connectivity index (χ0v) is 21.4. The molecule has 11 heteroatoms. The van der Waals surface area contributed by atoms with Crippen molar-refractivity contribution in [3.8, 4) is 11.6 Å². The molecular weight excluding hydrogens is 498 g/mol. The lowest BCUT2D eigenvalue weighted by Gasteiger charge is -2.39. The molecule has 196 valence electrons. The van der Waals surface area contributed by atoms with Crippen LogP contribution in [0.25, 0.3) is 27.8 Å². The second-order valence-electron chi connectivity index (χ2n) is 9.39. The van der Waals surface area contributed by atoms with Gasteiger partial charge in [0.15, 0.2) is 5.82 Å². The highest BCUT2D eigenvalue weighted by Crippen LogP contribution is 2.33. The number of nitrogens with one attached hydrogen (secondary N) is 1. The Balaban J connectivity index is 1.29. The Morgan fingerprint density at radius 2 is 1.79 bits per heavy atom. The zero-order chi connectivity index (χ0) is 27.1. The van der Waals surface area contributed by atoms with Gasteiger partial charge in [-0.25, -0.2) is 4.98 Å². The number of hydrogen-bond donors (Lipinski definition) is 1. The summed E-state index contributed by atoms with van der Waals surface area (Å²) in [5, 5.41) is 8.87. The van der Waals surface area contributed by atoms with Crippen molar-refractivity contribution in [2.45, 2.75) is 13.0 Å². The number of carbonyl (C=O) groups is 3. The largest absolute Gasteiger partial charge is 0.494 e. The molecule has 0 saturated carbocycles. The number of pyridine rings is 1. The van der Waals surface area contributed by atoms with Gasteiger partial charge < -0.3 is 19.5 Å². The summed E-state index contributed by atoms with van der Waals surface area (Å²) in [6.07, 6.45) is 3.00. The molecule has 11 nitrogen and oxygen atoms in total. The summed E-state index contributed by atoms with van der Waals surface area (Å²) in [5.74, 6) is -0.630. The van der Waals surface area contributed by atoms with Crippen molar-refractivity contribution in [1.82, 2.24) is 34.8 Å². The maximum Gasteiger partial charge on any atom is 0.295 e. The second kappa shape index (κ2) is 9.67. The third-order valence-electron chi connectivity index (χ3n) is 7.06. The van der Waals surface area contributed by atoms with Crippen molar-refractivity contribution in [2.24, 2.45) is 0 Å². The summed E-state index contributed by atoms with van der Waals surface area (Å²) in [6.45, 7) is 2.71. The van der Waals surface area contributed by atoms with Gasteiger partial charge in [-0.15, -0.1) is 5.10 Å². The molecule has 1 N–H and O–H groups in total. The predicted molar refractivity (Wildman–Crippen MR) is 143 cm³/mol. The number of piperazine rings is 1. The summed E-state index contributed by atoms with van der Waals surface area (Å²) in [5.41, 5.74) is 2.70. The number of para-hydroxylation sites is 1. The molecule has 39 heavy (non-hydrogen) atoms. The van der Waals surface area contributed by atoms with E-state index in [1.807, 2.05) is 49.4 Å². The Kier molecular flexibility index (Phi) is 6.02. The fourth-order valence-electron chi connectivity index (χ4n) is 5.07. The van der Waals surface area contributed by atoms with Gasteiger partial charge in [-0.05, 0) is 31.2 Å². The van der Waals surface area contributed by atoms with E-state index in [-0.39, 0.29) is 30.6 Å². The van der Waals surface area contributed by atoms with Crippen LogP contribution in [0.2, 0.25) is 0 Å². The van der Waals surface area contributed by atoms with E-state index >= 15 is 0 Å². The van der Waals surface area contributed by atoms with Crippen molar-refractivity contribution in [1.29, 1.82) is 0 Å². The van der Waals surface area contributed by atoms with E-state index in [4.69, 9.17) is 4.74 Å². The molecule has 2 amide bonds. The van der Waals surface area contributed by atoms with E-state index in [0.717, 1.165) is 5.52 Å². The maximum absolute atomic E-state index is 13.5. The van der Waals surface area contributed by atoms with Gasteiger partial charge in [0.25, 0.3) is 17.6 Å². The van der Waals surface area contributed by atoms with Crippen LogP contribution >= 0.6 is 0 Å². The number of ether oxygens (including phenoxy) is 1. The molecule has 0 spiro atoms. The monoisotopic (exact) mass is 523 g/mol. The lowest BCUT2D eigenvalue weighted by Crippen LogP contribution is -2.56. The van der Waals surface area contributed by atoms with E-state index in [0.29, 0.717) is 40.1 Å². The highest BCUT2D eigenvalue weighted by atomic mass is 16.5. The molecule has 0 aliphatic carbocycles. The van der Waals surface area contributed by atoms with E-state index in [1.165, 1.54) is 24.4 Å². The summed E-state index contributed by atoms with van der Waals surface area (Å²) in [6, 6.07) is 16.2. The van der Waals surface area contributed by atoms with Gasteiger partial charge >= 0.3 is 0 Å². The lowest BCUT2D eigenvalue weighted by atomic mass is 10.1. The second-order valence-corrected chi connectivity index (χ2v) is 9.39. The number of carbonyl (C=O) groups excluding carboxylic acids is 3. The molecule has 0 bridgehead atoms. The Bertz CT molecular complexity index is 1730. The first-order valence-corrected chi connectivity index (χ1v) is 12.5. The van der Waals surface area contributed by atoms with Gasteiger partial charge in [0.05, 0.1) is 35.3 Å². The number of H-pyrrole nitrogens is 1. The van der Waals surface area contributed by atoms with E-state index < -0.39 is 11.7 Å². The van der Waals surface area contributed by atoms with Crippen LogP contribution in [-0.4, -0.2) is 85.1 Å². The Morgan fingerprint density at radius 3 is 2.56 bits per heavy atom. The lowest BCUT2D eigenvalue weighted by molar-refractivity contribution is -0.128. The van der Waals surface area contributed by atoms with Crippen molar-refractivity contribution < 1.29 is 19.1 Å². The van der Waals surface area contributed by atoms with Gasteiger partial charge in [0.2, 0.25) is 0 Å². The molecule has 0 radical (unpaired) electrons. The minimum absolute atomic E-state index is 0.0939. The van der Waals surface area contributed by atoms with Gasteiger partial charge in [0.1, 0.15) is 11.3 Å². The number of methoxy groups -OCH3 is 1. The van der Waals surface area contributed by atoms with Crippen LogP contribution in [-0.2, 0) is 4.79 Å². The first-order valence-electron chi connectivity index (χ1n) is 12.5. The number of Topliss-reactive ketones (excluding diaryl/α,β-unsaturated/α-hetero) is 1. The predicted octanol–water partition coefficient (Wildman–Crippen LogP) is 2.86. The SMILES string of the molecule is COc1cnc(-n2nnc3ccccc32)c2[nH]cc(C(=O)C(=O)N3CCN(C(=O)c4ccccc4)C(C)C3)c12. The number of hydrogen-bond acceptors (Lipinski definition) is 7. The molecular formula is C28H25N7O4. The Labute approximate surface area is 223 Å². The molecule has 3 aromatic heterocycles. The van der Waals surface area contributed by atoms with E-state index in [1.54, 1.807) is 21.7 Å². The van der Waals surface area contributed by atoms with E-state index in [9.17, 15) is 14.4 Å². The van der Waals surface area contributed by atoms with E-state index in [2.05, 4.69) is 20.3 Å². The molecule has 2 aromatic carbocycles. The molecule has 1 saturated heterocycles. The zero-order valence-electron chi connectivity index (χ0n) is 21.4. The molecule has 5 aromatic rings. The molecule has 1 fully saturated rings. The van der Waals surface area contributed by atoms with Gasteiger partial charge in [-0.2, -0.15) is 4.68 Å². The first-order chi connectivity index (χ1) is 19.0. The molecule has 1 aliphatic heterocycles. The van der Waals surface area contributed by atoms with Crippen molar-refractivity contribution in [2.75, 3.05) is 26.7 Å². The minimum Gasteiger partial charge on any atom is -0.494 e. The average molecular weight is 524 g/mol. The molecule has 4 heterocycles.